The number of nitrogens with one attached hydrogen (secondary N) is 1. The van der Waals surface area contributed by atoms with Gasteiger partial charge in [-0.15, -0.1) is 0 Å². The Kier molecular flexibility index (Phi) is 5.91. The largest absolute Gasteiger partial charge is 0.484 e. The van der Waals surface area contributed by atoms with Crippen LogP contribution in [-0.2, 0) is 4.79 Å². The third-order valence-corrected chi connectivity index (χ3v) is 4.81. The molecule has 1 N–H and O–H groups in total. The molecule has 0 bridgehead atoms. The quantitative estimate of drug-likeness (QED) is 0.428. The summed E-state index contributed by atoms with van der Waals surface area (Å²) < 4.78 is 16.7. The van der Waals surface area contributed by atoms with Crippen molar-refractivity contribution in [3.63, 3.8) is 0 Å². The van der Waals surface area contributed by atoms with Crippen LogP contribution in [0.25, 0.3) is 11.0 Å². The summed E-state index contributed by atoms with van der Waals surface area (Å²) in [6, 6.07) is 19.0. The predicted molar refractivity (Wildman–Crippen MR) is 119 cm³/mol. The van der Waals surface area contributed by atoms with Gasteiger partial charge in [0.2, 0.25) is 11.2 Å². The molecular formula is C24H18ClNO5. The summed E-state index contributed by atoms with van der Waals surface area (Å²) in [5.41, 5.74) is 1.62. The number of hydrogen-bond donors (Lipinski definition) is 1. The smallest absolute Gasteiger partial charge is 0.262 e. The van der Waals surface area contributed by atoms with Crippen molar-refractivity contribution in [2.75, 3.05) is 11.9 Å². The van der Waals surface area contributed by atoms with Crippen molar-refractivity contribution in [1.29, 1.82) is 0 Å². The topological polar surface area (TPSA) is 77.8 Å². The van der Waals surface area contributed by atoms with Crippen LogP contribution in [0.4, 0.5) is 5.69 Å². The zero-order valence-electron chi connectivity index (χ0n) is 16.6. The highest BCUT2D eigenvalue weighted by Crippen LogP contribution is 2.24. The Morgan fingerprint density at radius 3 is 2.55 bits per heavy atom. The molecule has 4 rings (SSSR count). The van der Waals surface area contributed by atoms with Crippen molar-refractivity contribution in [2.45, 2.75) is 6.92 Å². The van der Waals surface area contributed by atoms with Gasteiger partial charge in [-0.3, -0.25) is 9.59 Å². The summed E-state index contributed by atoms with van der Waals surface area (Å²) in [5, 5.41) is 3.46. The molecule has 1 aromatic heterocycles. The van der Waals surface area contributed by atoms with E-state index in [0.29, 0.717) is 33.2 Å². The summed E-state index contributed by atoms with van der Waals surface area (Å²) in [6.45, 7) is 1.74. The molecule has 0 spiro atoms. The molecule has 0 saturated carbocycles. The lowest BCUT2D eigenvalue weighted by molar-refractivity contribution is -0.118. The van der Waals surface area contributed by atoms with Gasteiger partial charge in [0.1, 0.15) is 23.3 Å². The number of carbonyl (C=O) groups is 1. The van der Waals surface area contributed by atoms with Crippen LogP contribution < -0.4 is 20.2 Å². The van der Waals surface area contributed by atoms with E-state index in [9.17, 15) is 9.59 Å². The normalized spacial score (nSPS) is 10.6. The number of hydrogen-bond acceptors (Lipinski definition) is 5. The minimum atomic E-state index is -0.364. The van der Waals surface area contributed by atoms with Gasteiger partial charge in [-0.25, -0.2) is 0 Å². The SMILES string of the molecule is Cc1ccc(Oc2coc3cc(OCC(=O)Nc4ccccc4Cl)ccc3c2=O)cc1. The van der Waals surface area contributed by atoms with Gasteiger partial charge in [0.15, 0.2) is 6.61 Å². The molecule has 0 aliphatic rings. The zero-order valence-corrected chi connectivity index (χ0v) is 17.3. The van der Waals surface area contributed by atoms with E-state index in [2.05, 4.69) is 5.32 Å². The fraction of sp³-hybridized carbons (Fsp3) is 0.0833. The Morgan fingerprint density at radius 1 is 1.03 bits per heavy atom. The maximum atomic E-state index is 12.7. The van der Waals surface area contributed by atoms with Crippen LogP contribution in [0.3, 0.4) is 0 Å². The second kappa shape index (κ2) is 8.93. The monoisotopic (exact) mass is 435 g/mol. The number of aryl methyl sites for hydroxylation is 1. The predicted octanol–water partition coefficient (Wildman–Crippen LogP) is 5.56. The Hall–Kier alpha value is -3.77. The summed E-state index contributed by atoms with van der Waals surface area (Å²) in [7, 11) is 0. The summed E-state index contributed by atoms with van der Waals surface area (Å²) in [4.78, 5) is 24.8. The van der Waals surface area contributed by atoms with Crippen LogP contribution in [0.1, 0.15) is 5.56 Å². The number of carbonyl (C=O) groups excluding carboxylic acids is 1. The van der Waals surface area contributed by atoms with Gasteiger partial charge >= 0.3 is 0 Å². The van der Waals surface area contributed by atoms with E-state index in [1.165, 1.54) is 6.26 Å². The van der Waals surface area contributed by atoms with Crippen molar-refractivity contribution in [3.8, 4) is 17.2 Å². The number of fused-ring (bicyclic) bond motifs is 1. The van der Waals surface area contributed by atoms with Crippen molar-refractivity contribution < 1.29 is 18.7 Å². The first-order valence-corrected chi connectivity index (χ1v) is 9.85. The first-order valence-electron chi connectivity index (χ1n) is 9.47. The molecule has 3 aromatic carbocycles. The van der Waals surface area contributed by atoms with Crippen molar-refractivity contribution in [3.05, 3.63) is 93.8 Å². The molecule has 6 nitrogen and oxygen atoms in total. The molecule has 1 heterocycles. The molecule has 0 radical (unpaired) electrons. The van der Waals surface area contributed by atoms with E-state index in [1.54, 1.807) is 54.6 Å². The fourth-order valence-electron chi connectivity index (χ4n) is 2.88. The number of ether oxygens (including phenoxy) is 2. The Morgan fingerprint density at radius 2 is 1.77 bits per heavy atom. The highest BCUT2D eigenvalue weighted by atomic mass is 35.5. The molecule has 0 atom stereocenters. The van der Waals surface area contributed by atoms with Gasteiger partial charge in [0.25, 0.3) is 5.91 Å². The van der Waals surface area contributed by atoms with Crippen LogP contribution in [-0.4, -0.2) is 12.5 Å². The number of anilines is 1. The van der Waals surface area contributed by atoms with Gasteiger partial charge in [-0.1, -0.05) is 41.4 Å². The fourth-order valence-corrected chi connectivity index (χ4v) is 3.07. The number of rotatable bonds is 6. The number of amides is 1. The van der Waals surface area contributed by atoms with Crippen LogP contribution in [0.15, 0.2) is 82.2 Å². The first-order chi connectivity index (χ1) is 15.0. The van der Waals surface area contributed by atoms with Gasteiger partial charge < -0.3 is 19.2 Å². The number of halogens is 1. The van der Waals surface area contributed by atoms with E-state index >= 15 is 0 Å². The van der Waals surface area contributed by atoms with Gasteiger partial charge in [-0.05, 0) is 43.3 Å². The average Bonchev–Trinajstić information content (AvgIpc) is 2.77. The minimum Gasteiger partial charge on any atom is -0.484 e. The molecule has 0 fully saturated rings. The van der Waals surface area contributed by atoms with Crippen LogP contribution >= 0.6 is 11.6 Å². The van der Waals surface area contributed by atoms with Crippen LogP contribution in [0.5, 0.6) is 17.2 Å². The molecule has 0 aliphatic heterocycles. The molecule has 31 heavy (non-hydrogen) atoms. The van der Waals surface area contributed by atoms with Crippen LogP contribution in [0.2, 0.25) is 5.02 Å². The Balaban J connectivity index is 1.45. The highest BCUT2D eigenvalue weighted by molar-refractivity contribution is 6.33. The summed E-state index contributed by atoms with van der Waals surface area (Å²) in [6.07, 6.45) is 1.26. The third-order valence-electron chi connectivity index (χ3n) is 4.48. The molecule has 0 unspecified atom stereocenters. The van der Waals surface area contributed by atoms with Crippen molar-refractivity contribution in [2.24, 2.45) is 0 Å². The average molecular weight is 436 g/mol. The first kappa shape index (κ1) is 20.5. The maximum Gasteiger partial charge on any atom is 0.262 e. The lowest BCUT2D eigenvalue weighted by Gasteiger charge is -2.09. The summed E-state index contributed by atoms with van der Waals surface area (Å²) >= 11 is 6.03. The number of benzene rings is 3. The molecule has 4 aromatic rings. The van der Waals surface area contributed by atoms with Crippen LogP contribution in [0, 0.1) is 6.92 Å². The van der Waals surface area contributed by atoms with Gasteiger partial charge in [0, 0.05) is 6.07 Å². The lowest BCUT2D eigenvalue weighted by atomic mass is 10.2. The van der Waals surface area contributed by atoms with E-state index in [0.717, 1.165) is 5.56 Å². The van der Waals surface area contributed by atoms with E-state index in [1.807, 2.05) is 19.1 Å². The molecule has 1 amide bonds. The van der Waals surface area contributed by atoms with Gasteiger partial charge in [0.05, 0.1) is 16.1 Å². The van der Waals surface area contributed by atoms with E-state index < -0.39 is 0 Å². The third kappa shape index (κ3) is 4.87. The highest BCUT2D eigenvalue weighted by Gasteiger charge is 2.11. The Bertz CT molecular complexity index is 1300. The Labute approximate surface area is 183 Å². The zero-order chi connectivity index (χ0) is 21.8. The van der Waals surface area contributed by atoms with Crippen molar-refractivity contribution >= 4 is 34.2 Å². The van der Waals surface area contributed by atoms with Gasteiger partial charge in [-0.2, -0.15) is 0 Å². The molecule has 7 heteroatoms. The van der Waals surface area contributed by atoms with Crippen molar-refractivity contribution in [1.82, 2.24) is 0 Å². The number of para-hydroxylation sites is 1. The minimum absolute atomic E-state index is 0.0872. The van der Waals surface area contributed by atoms with E-state index in [-0.39, 0.29) is 23.7 Å². The molecular weight excluding hydrogens is 418 g/mol. The molecule has 156 valence electrons. The molecule has 0 aliphatic carbocycles. The molecule has 0 saturated heterocycles. The second-order valence-electron chi connectivity index (χ2n) is 6.82. The van der Waals surface area contributed by atoms with E-state index in [4.69, 9.17) is 25.5 Å². The second-order valence-corrected chi connectivity index (χ2v) is 7.23. The summed E-state index contributed by atoms with van der Waals surface area (Å²) in [5.74, 6) is 0.652. The lowest BCUT2D eigenvalue weighted by Crippen LogP contribution is -2.20. The standard InChI is InChI=1S/C24H18ClNO5/c1-15-6-8-16(9-7-15)31-22-13-30-21-12-17(10-11-18(21)24(22)28)29-14-23(27)26-20-5-3-2-4-19(20)25/h2-13H,14H2,1H3,(H,26,27). The maximum absolute atomic E-state index is 12.7.